The quantitative estimate of drug-likeness (QED) is 0.645. The third-order valence-electron chi connectivity index (χ3n) is 2.30. The zero-order valence-electron chi connectivity index (χ0n) is 7.86. The van der Waals surface area contributed by atoms with Gasteiger partial charge in [0.2, 0.25) is 0 Å². The van der Waals surface area contributed by atoms with E-state index in [9.17, 15) is 8.42 Å². The largest absolute Gasteiger partial charge is 0.396 e. The van der Waals surface area contributed by atoms with Gasteiger partial charge < -0.3 is 10.4 Å². The van der Waals surface area contributed by atoms with Crippen molar-refractivity contribution in [3.8, 4) is 0 Å². The first-order valence-electron chi connectivity index (χ1n) is 4.58. The Morgan fingerprint density at radius 3 is 2.77 bits per heavy atom. The van der Waals surface area contributed by atoms with Crippen LogP contribution < -0.4 is 5.32 Å². The summed E-state index contributed by atoms with van der Waals surface area (Å²) in [4.78, 5) is 0. The lowest BCUT2D eigenvalue weighted by molar-refractivity contribution is 0.231. The van der Waals surface area contributed by atoms with Crippen molar-refractivity contribution < 1.29 is 13.5 Å². The van der Waals surface area contributed by atoms with Crippen LogP contribution in [0.1, 0.15) is 13.3 Å². The summed E-state index contributed by atoms with van der Waals surface area (Å²) in [7, 11) is -2.78. The van der Waals surface area contributed by atoms with E-state index >= 15 is 0 Å². The second-order valence-electron chi connectivity index (χ2n) is 3.80. The molecule has 1 rings (SSSR count). The van der Waals surface area contributed by atoms with Gasteiger partial charge in [0.25, 0.3) is 0 Å². The van der Waals surface area contributed by atoms with Gasteiger partial charge in [0.1, 0.15) is 0 Å². The first-order valence-corrected chi connectivity index (χ1v) is 6.40. The van der Waals surface area contributed by atoms with Crippen LogP contribution in [-0.4, -0.2) is 44.2 Å². The average Bonchev–Trinajstić information content (AvgIpc) is 2.41. The molecular formula is C8H17NO3S. The molecular weight excluding hydrogens is 190 g/mol. The summed E-state index contributed by atoms with van der Waals surface area (Å²) in [6, 6.07) is 0.0963. The number of hydrogen-bond acceptors (Lipinski definition) is 4. The van der Waals surface area contributed by atoms with Gasteiger partial charge in [-0.05, 0) is 12.3 Å². The Balaban J connectivity index is 2.25. The Kier molecular flexibility index (Phi) is 3.70. The van der Waals surface area contributed by atoms with Crippen LogP contribution in [0.5, 0.6) is 0 Å². The van der Waals surface area contributed by atoms with E-state index < -0.39 is 9.84 Å². The van der Waals surface area contributed by atoms with Gasteiger partial charge in [0.05, 0.1) is 11.5 Å². The fraction of sp³-hybridized carbons (Fsp3) is 1.00. The number of sulfone groups is 1. The van der Waals surface area contributed by atoms with Crippen molar-refractivity contribution in [2.45, 2.75) is 19.4 Å². The Hall–Kier alpha value is -0.130. The lowest BCUT2D eigenvalue weighted by Gasteiger charge is -2.13. The topological polar surface area (TPSA) is 66.4 Å². The minimum absolute atomic E-state index is 0.0963. The zero-order valence-corrected chi connectivity index (χ0v) is 8.68. The van der Waals surface area contributed by atoms with Crippen LogP contribution in [-0.2, 0) is 9.84 Å². The Morgan fingerprint density at radius 1 is 1.62 bits per heavy atom. The second-order valence-corrected chi connectivity index (χ2v) is 6.02. The summed E-state index contributed by atoms with van der Waals surface area (Å²) in [5.74, 6) is 0.756. The number of nitrogens with one attached hydrogen (secondary N) is 1. The number of hydrogen-bond donors (Lipinski definition) is 2. The fourth-order valence-electron chi connectivity index (χ4n) is 1.39. The van der Waals surface area contributed by atoms with Gasteiger partial charge in [-0.15, -0.1) is 0 Å². The Morgan fingerprint density at radius 2 is 2.31 bits per heavy atom. The van der Waals surface area contributed by atoms with Crippen molar-refractivity contribution in [3.63, 3.8) is 0 Å². The molecule has 0 bridgehead atoms. The van der Waals surface area contributed by atoms with Crippen LogP contribution in [0.3, 0.4) is 0 Å². The van der Waals surface area contributed by atoms with Crippen LogP contribution in [0.25, 0.3) is 0 Å². The van der Waals surface area contributed by atoms with Crippen LogP contribution in [0.4, 0.5) is 0 Å². The van der Waals surface area contributed by atoms with Crippen molar-refractivity contribution in [3.05, 3.63) is 0 Å². The van der Waals surface area contributed by atoms with Crippen LogP contribution >= 0.6 is 0 Å². The highest BCUT2D eigenvalue weighted by Gasteiger charge is 2.27. The van der Waals surface area contributed by atoms with Crippen molar-refractivity contribution in [2.75, 3.05) is 24.7 Å². The molecule has 13 heavy (non-hydrogen) atoms. The van der Waals surface area contributed by atoms with Gasteiger partial charge >= 0.3 is 0 Å². The normalized spacial score (nSPS) is 28.9. The van der Waals surface area contributed by atoms with Gasteiger partial charge in [-0.1, -0.05) is 6.92 Å². The van der Waals surface area contributed by atoms with E-state index in [1.54, 1.807) is 0 Å². The van der Waals surface area contributed by atoms with E-state index in [2.05, 4.69) is 5.32 Å². The minimum Gasteiger partial charge on any atom is -0.396 e. The van der Waals surface area contributed by atoms with Crippen molar-refractivity contribution in [2.24, 2.45) is 5.92 Å². The molecule has 2 N–H and O–H groups in total. The maximum Gasteiger partial charge on any atom is 0.151 e. The molecule has 1 heterocycles. The number of aliphatic hydroxyl groups excluding tert-OH is 1. The highest BCUT2D eigenvalue weighted by molar-refractivity contribution is 7.91. The molecule has 2 atom stereocenters. The smallest absolute Gasteiger partial charge is 0.151 e. The SMILES string of the molecule is CC(CO)CNC1CCS(=O)(=O)C1. The van der Waals surface area contributed by atoms with E-state index in [-0.39, 0.29) is 24.3 Å². The number of rotatable bonds is 4. The minimum atomic E-state index is -2.78. The highest BCUT2D eigenvalue weighted by Crippen LogP contribution is 2.11. The highest BCUT2D eigenvalue weighted by atomic mass is 32.2. The maximum absolute atomic E-state index is 11.1. The third-order valence-corrected chi connectivity index (χ3v) is 4.07. The predicted octanol–water partition coefficient (Wildman–Crippen LogP) is -0.608. The lowest BCUT2D eigenvalue weighted by atomic mass is 10.2. The van der Waals surface area contributed by atoms with Gasteiger partial charge in [-0.3, -0.25) is 0 Å². The summed E-state index contributed by atoms with van der Waals surface area (Å²) in [6.07, 6.45) is 0.709. The molecule has 1 aliphatic rings. The van der Waals surface area contributed by atoms with Crippen molar-refractivity contribution in [1.82, 2.24) is 5.32 Å². The Labute approximate surface area is 79.3 Å². The molecule has 0 aromatic rings. The van der Waals surface area contributed by atoms with E-state index in [0.29, 0.717) is 18.7 Å². The first-order chi connectivity index (χ1) is 6.03. The molecule has 0 aromatic heterocycles. The lowest BCUT2D eigenvalue weighted by Crippen LogP contribution is -2.34. The van der Waals surface area contributed by atoms with Gasteiger partial charge in [0.15, 0.2) is 9.84 Å². The van der Waals surface area contributed by atoms with Gasteiger partial charge in [0, 0.05) is 19.2 Å². The van der Waals surface area contributed by atoms with Crippen LogP contribution in [0, 0.1) is 5.92 Å². The van der Waals surface area contributed by atoms with E-state index in [0.717, 1.165) is 0 Å². The second kappa shape index (κ2) is 4.39. The molecule has 2 unspecified atom stereocenters. The zero-order chi connectivity index (χ0) is 9.90. The molecule has 1 aliphatic heterocycles. The fourth-order valence-corrected chi connectivity index (χ4v) is 3.10. The van der Waals surface area contributed by atoms with Gasteiger partial charge in [-0.2, -0.15) is 0 Å². The Bertz CT molecular complexity index is 250. The monoisotopic (exact) mass is 207 g/mol. The molecule has 1 fully saturated rings. The summed E-state index contributed by atoms with van der Waals surface area (Å²) in [5, 5.41) is 11.9. The molecule has 1 saturated heterocycles. The summed E-state index contributed by atoms with van der Waals surface area (Å²) < 4.78 is 22.1. The van der Waals surface area contributed by atoms with Crippen molar-refractivity contribution >= 4 is 9.84 Å². The maximum atomic E-state index is 11.1. The van der Waals surface area contributed by atoms with Crippen molar-refractivity contribution in [1.29, 1.82) is 0 Å². The first kappa shape index (κ1) is 10.9. The molecule has 0 amide bonds. The van der Waals surface area contributed by atoms with Gasteiger partial charge in [-0.25, -0.2) is 8.42 Å². The molecule has 0 aromatic carbocycles. The summed E-state index contributed by atoms with van der Waals surface area (Å²) in [6.45, 7) is 2.76. The number of aliphatic hydroxyl groups is 1. The molecule has 0 radical (unpaired) electrons. The summed E-state index contributed by atoms with van der Waals surface area (Å²) >= 11 is 0. The molecule has 78 valence electrons. The average molecular weight is 207 g/mol. The third kappa shape index (κ3) is 3.62. The predicted molar refractivity (Wildman–Crippen MR) is 51.3 cm³/mol. The molecule has 5 heteroatoms. The molecule has 0 spiro atoms. The van der Waals surface area contributed by atoms with Crippen LogP contribution in [0.2, 0.25) is 0 Å². The standard InChI is InChI=1S/C8H17NO3S/c1-7(5-10)4-9-8-2-3-13(11,12)6-8/h7-10H,2-6H2,1H3. The van der Waals surface area contributed by atoms with E-state index in [1.165, 1.54) is 0 Å². The summed E-state index contributed by atoms with van der Waals surface area (Å²) in [5.41, 5.74) is 0. The van der Waals surface area contributed by atoms with Crippen LogP contribution in [0.15, 0.2) is 0 Å². The van der Waals surface area contributed by atoms with E-state index in [4.69, 9.17) is 5.11 Å². The molecule has 0 saturated carbocycles. The molecule has 0 aliphatic carbocycles. The van der Waals surface area contributed by atoms with E-state index in [1.807, 2.05) is 6.92 Å². The molecule has 4 nitrogen and oxygen atoms in total.